The molecule has 86 valence electrons. The second kappa shape index (κ2) is 3.77. The Morgan fingerprint density at radius 2 is 2.06 bits per heavy atom. The Labute approximate surface area is 89.6 Å². The van der Waals surface area contributed by atoms with E-state index in [0.29, 0.717) is 24.1 Å². The zero-order valence-electron chi connectivity index (χ0n) is 8.25. The first kappa shape index (κ1) is 10.9. The number of pyridine rings is 1. The number of alkyl halides is 3. The molecule has 0 aliphatic heterocycles. The van der Waals surface area contributed by atoms with Crippen LogP contribution in [0.1, 0.15) is 29.7 Å². The molecule has 0 amide bonds. The van der Waals surface area contributed by atoms with Crippen molar-refractivity contribution in [1.29, 1.82) is 0 Å². The second-order valence-corrected chi connectivity index (χ2v) is 3.62. The molecule has 1 N–H and O–H groups in total. The summed E-state index contributed by atoms with van der Waals surface area (Å²) in [6.07, 6.45) is -1.76. The van der Waals surface area contributed by atoms with E-state index in [-0.39, 0.29) is 5.71 Å². The lowest BCUT2D eigenvalue weighted by Crippen LogP contribution is -2.16. The Balaban J connectivity index is 2.51. The minimum absolute atomic E-state index is 0.278. The van der Waals surface area contributed by atoms with Crippen LogP contribution in [0.5, 0.6) is 0 Å². The van der Waals surface area contributed by atoms with Crippen LogP contribution in [0, 0.1) is 0 Å². The first-order valence-electron chi connectivity index (χ1n) is 4.80. The molecular weight excluding hydrogens is 221 g/mol. The van der Waals surface area contributed by atoms with Gasteiger partial charge in [-0.15, -0.1) is 0 Å². The van der Waals surface area contributed by atoms with Crippen LogP contribution in [-0.2, 0) is 12.6 Å². The maximum atomic E-state index is 12.4. The first-order valence-corrected chi connectivity index (χ1v) is 4.80. The van der Waals surface area contributed by atoms with Crippen molar-refractivity contribution in [3.8, 4) is 0 Å². The lowest BCUT2D eigenvalue weighted by Gasteiger charge is -2.17. The fourth-order valence-corrected chi connectivity index (χ4v) is 1.76. The molecule has 16 heavy (non-hydrogen) atoms. The van der Waals surface area contributed by atoms with Crippen LogP contribution in [0.3, 0.4) is 0 Å². The number of oxime groups is 1. The van der Waals surface area contributed by atoms with Crippen LogP contribution < -0.4 is 0 Å². The zero-order valence-corrected chi connectivity index (χ0v) is 8.25. The molecule has 0 fully saturated rings. The maximum Gasteiger partial charge on any atom is 0.417 e. The summed E-state index contributed by atoms with van der Waals surface area (Å²) in [5.74, 6) is 0. The van der Waals surface area contributed by atoms with Crippen LogP contribution >= 0.6 is 0 Å². The molecule has 0 saturated heterocycles. The zero-order chi connectivity index (χ0) is 11.8. The van der Waals surface area contributed by atoms with Crippen molar-refractivity contribution in [1.82, 2.24) is 4.98 Å². The van der Waals surface area contributed by atoms with E-state index in [1.165, 1.54) is 0 Å². The Morgan fingerprint density at radius 1 is 1.31 bits per heavy atom. The molecule has 1 aromatic rings. The van der Waals surface area contributed by atoms with Crippen LogP contribution in [0.25, 0.3) is 0 Å². The quantitative estimate of drug-likeness (QED) is 0.550. The Morgan fingerprint density at radius 3 is 2.69 bits per heavy atom. The number of aryl methyl sites for hydroxylation is 1. The topological polar surface area (TPSA) is 45.5 Å². The molecule has 3 nitrogen and oxygen atoms in total. The second-order valence-electron chi connectivity index (χ2n) is 3.62. The summed E-state index contributed by atoms with van der Waals surface area (Å²) in [5, 5.41) is 11.7. The summed E-state index contributed by atoms with van der Waals surface area (Å²) in [5.41, 5.74) is 0.338. The molecule has 2 rings (SSSR count). The van der Waals surface area contributed by atoms with E-state index in [1.54, 1.807) is 0 Å². The van der Waals surface area contributed by atoms with Gasteiger partial charge in [-0.05, 0) is 25.3 Å². The molecule has 6 heteroatoms. The molecule has 0 bridgehead atoms. The number of hydrogen-bond acceptors (Lipinski definition) is 3. The summed E-state index contributed by atoms with van der Waals surface area (Å²) >= 11 is 0. The molecule has 0 aromatic carbocycles. The van der Waals surface area contributed by atoms with Gasteiger partial charge < -0.3 is 5.21 Å². The first-order chi connectivity index (χ1) is 7.52. The lowest BCUT2D eigenvalue weighted by molar-refractivity contribution is -0.137. The minimum Gasteiger partial charge on any atom is -0.411 e. The highest BCUT2D eigenvalue weighted by molar-refractivity contribution is 6.02. The molecule has 0 spiro atoms. The SMILES string of the molecule is O/N=C1/CCCc2ncc(C(F)(F)F)cc21. The van der Waals surface area contributed by atoms with Gasteiger partial charge in [0.05, 0.1) is 11.3 Å². The number of hydrogen-bond donors (Lipinski definition) is 1. The van der Waals surface area contributed by atoms with Crippen molar-refractivity contribution in [2.45, 2.75) is 25.4 Å². The third kappa shape index (κ3) is 1.87. The molecule has 0 radical (unpaired) electrons. The van der Waals surface area contributed by atoms with Crippen molar-refractivity contribution in [3.63, 3.8) is 0 Å². The average Bonchev–Trinajstić information content (AvgIpc) is 2.26. The summed E-state index contributed by atoms with van der Waals surface area (Å²) in [7, 11) is 0. The van der Waals surface area contributed by atoms with Crippen LogP contribution in [0.15, 0.2) is 17.4 Å². The van der Waals surface area contributed by atoms with Crippen molar-refractivity contribution >= 4 is 5.71 Å². The molecule has 0 atom stereocenters. The Bertz CT molecular complexity index is 440. The highest BCUT2D eigenvalue weighted by Gasteiger charge is 2.32. The van der Waals surface area contributed by atoms with Gasteiger partial charge in [-0.25, -0.2) is 0 Å². The fourth-order valence-electron chi connectivity index (χ4n) is 1.76. The Kier molecular flexibility index (Phi) is 2.57. The molecule has 1 aromatic heterocycles. The number of nitrogens with zero attached hydrogens (tertiary/aromatic N) is 2. The van der Waals surface area contributed by atoms with E-state index in [2.05, 4.69) is 10.1 Å². The summed E-state index contributed by atoms with van der Waals surface area (Å²) in [6.45, 7) is 0. The normalized spacial score (nSPS) is 18.6. The number of halogens is 3. The molecule has 0 saturated carbocycles. The van der Waals surface area contributed by atoms with Gasteiger partial charge in [-0.3, -0.25) is 4.98 Å². The molecule has 1 heterocycles. The average molecular weight is 230 g/mol. The molecule has 1 aliphatic carbocycles. The summed E-state index contributed by atoms with van der Waals surface area (Å²) in [4.78, 5) is 3.77. The minimum atomic E-state index is -4.42. The van der Waals surface area contributed by atoms with Gasteiger partial charge in [0.2, 0.25) is 0 Å². The number of rotatable bonds is 0. The monoisotopic (exact) mass is 230 g/mol. The molecule has 0 unspecified atom stereocenters. The maximum absolute atomic E-state index is 12.4. The van der Waals surface area contributed by atoms with E-state index in [9.17, 15) is 13.2 Å². The van der Waals surface area contributed by atoms with Crippen molar-refractivity contribution in [2.24, 2.45) is 5.16 Å². The van der Waals surface area contributed by atoms with Crippen molar-refractivity contribution in [3.05, 3.63) is 29.1 Å². The van der Waals surface area contributed by atoms with E-state index < -0.39 is 11.7 Å². The van der Waals surface area contributed by atoms with Crippen LogP contribution in [0.2, 0.25) is 0 Å². The van der Waals surface area contributed by atoms with E-state index >= 15 is 0 Å². The van der Waals surface area contributed by atoms with E-state index in [1.807, 2.05) is 0 Å². The fraction of sp³-hybridized carbons (Fsp3) is 0.400. The lowest BCUT2D eigenvalue weighted by atomic mass is 9.93. The smallest absolute Gasteiger partial charge is 0.411 e. The standard InChI is InChI=1S/C10H9F3N2O/c11-10(12,13)6-4-7-8(14-5-6)2-1-3-9(7)15-16/h4-5,16H,1-3H2/b15-9-. The highest BCUT2D eigenvalue weighted by Crippen LogP contribution is 2.31. The summed E-state index contributed by atoms with van der Waals surface area (Å²) in [6, 6.07) is 0.997. The van der Waals surface area contributed by atoms with E-state index in [4.69, 9.17) is 5.21 Å². The third-order valence-corrected chi connectivity index (χ3v) is 2.56. The van der Waals surface area contributed by atoms with Crippen LogP contribution in [-0.4, -0.2) is 15.9 Å². The van der Waals surface area contributed by atoms with Gasteiger partial charge in [0.15, 0.2) is 0 Å². The number of aromatic nitrogens is 1. The van der Waals surface area contributed by atoms with Gasteiger partial charge in [-0.2, -0.15) is 13.2 Å². The largest absolute Gasteiger partial charge is 0.417 e. The van der Waals surface area contributed by atoms with Gasteiger partial charge in [0.25, 0.3) is 0 Å². The Hall–Kier alpha value is -1.59. The van der Waals surface area contributed by atoms with E-state index in [0.717, 1.165) is 18.7 Å². The predicted molar refractivity (Wildman–Crippen MR) is 50.5 cm³/mol. The van der Waals surface area contributed by atoms with Gasteiger partial charge in [-0.1, -0.05) is 5.16 Å². The van der Waals surface area contributed by atoms with Crippen LogP contribution in [0.4, 0.5) is 13.2 Å². The van der Waals surface area contributed by atoms with Crippen molar-refractivity contribution in [2.75, 3.05) is 0 Å². The summed E-state index contributed by atoms with van der Waals surface area (Å²) < 4.78 is 37.3. The highest BCUT2D eigenvalue weighted by atomic mass is 19.4. The van der Waals surface area contributed by atoms with Gasteiger partial charge >= 0.3 is 6.18 Å². The molecular formula is C10H9F3N2O. The van der Waals surface area contributed by atoms with Gasteiger partial charge in [0.1, 0.15) is 0 Å². The molecule has 1 aliphatic rings. The van der Waals surface area contributed by atoms with Gasteiger partial charge in [0, 0.05) is 17.5 Å². The third-order valence-electron chi connectivity index (χ3n) is 2.56. The van der Waals surface area contributed by atoms with Crippen molar-refractivity contribution < 1.29 is 18.4 Å². The number of fused-ring (bicyclic) bond motifs is 1. The predicted octanol–water partition coefficient (Wildman–Crippen LogP) is 2.62.